The smallest absolute Gasteiger partial charge is 0.242 e. The highest BCUT2D eigenvalue weighted by Crippen LogP contribution is 2.29. The zero-order valence-corrected chi connectivity index (χ0v) is 18.9. The van der Waals surface area contributed by atoms with Crippen molar-refractivity contribution in [1.29, 1.82) is 0 Å². The van der Waals surface area contributed by atoms with Crippen LogP contribution >= 0.6 is 12.4 Å². The summed E-state index contributed by atoms with van der Waals surface area (Å²) in [4.78, 5) is 0.263. The molecule has 1 heterocycles. The third kappa shape index (κ3) is 4.75. The van der Waals surface area contributed by atoms with Gasteiger partial charge in [0, 0.05) is 37.2 Å². The molecule has 0 saturated heterocycles. The van der Waals surface area contributed by atoms with E-state index in [1.54, 1.807) is 12.1 Å². The molecule has 0 amide bonds. The van der Waals surface area contributed by atoms with Crippen molar-refractivity contribution in [3.05, 3.63) is 77.3 Å². The van der Waals surface area contributed by atoms with Gasteiger partial charge in [-0.1, -0.05) is 30.3 Å². The fourth-order valence-corrected chi connectivity index (χ4v) is 4.37. The topological polar surface area (TPSA) is 68.3 Å². The predicted molar refractivity (Wildman–Crippen MR) is 122 cm³/mol. The second-order valence-electron chi connectivity index (χ2n) is 7.16. The van der Waals surface area contributed by atoms with E-state index < -0.39 is 10.0 Å². The van der Waals surface area contributed by atoms with Gasteiger partial charge < -0.3 is 10.3 Å². The van der Waals surface area contributed by atoms with Crippen molar-refractivity contribution in [1.82, 2.24) is 8.87 Å². The Morgan fingerprint density at radius 1 is 1.13 bits per heavy atom. The highest BCUT2D eigenvalue weighted by Gasteiger charge is 2.18. The first-order valence-corrected chi connectivity index (χ1v) is 10.8. The maximum absolute atomic E-state index is 14.2. The molecule has 30 heavy (non-hydrogen) atoms. The summed E-state index contributed by atoms with van der Waals surface area (Å²) in [5.41, 5.74) is 9.47. The maximum Gasteiger partial charge on any atom is 0.242 e. The van der Waals surface area contributed by atoms with Crippen molar-refractivity contribution in [2.75, 3.05) is 20.6 Å². The lowest BCUT2D eigenvalue weighted by Gasteiger charge is -2.12. The second kappa shape index (κ2) is 9.75. The van der Waals surface area contributed by atoms with Crippen molar-refractivity contribution < 1.29 is 12.8 Å². The summed E-state index contributed by atoms with van der Waals surface area (Å²) in [6, 6.07) is 14.8. The van der Waals surface area contributed by atoms with Crippen molar-refractivity contribution in [3.8, 4) is 0 Å². The van der Waals surface area contributed by atoms with Gasteiger partial charge in [-0.15, -0.1) is 12.4 Å². The van der Waals surface area contributed by atoms with Crippen LogP contribution in [0.25, 0.3) is 10.9 Å². The lowest BCUT2D eigenvalue weighted by Crippen LogP contribution is -2.22. The number of aromatic nitrogens is 1. The Morgan fingerprint density at radius 2 is 1.77 bits per heavy atom. The van der Waals surface area contributed by atoms with Crippen molar-refractivity contribution in [2.24, 2.45) is 5.73 Å². The Kier molecular flexibility index (Phi) is 7.82. The average molecular weight is 452 g/mol. The summed E-state index contributed by atoms with van der Waals surface area (Å²) in [5.74, 6) is -0.263. The number of nitrogens with two attached hydrogens (primary N) is 1. The molecule has 0 saturated carbocycles. The molecular formula is C22H27ClFN3O2S. The number of halogens is 2. The van der Waals surface area contributed by atoms with Gasteiger partial charge in [0.25, 0.3) is 0 Å². The molecular weight excluding hydrogens is 425 g/mol. The lowest BCUT2D eigenvalue weighted by molar-refractivity contribution is 0.520. The summed E-state index contributed by atoms with van der Waals surface area (Å²) in [6.07, 6.45) is 2.02. The number of nitrogens with zero attached hydrogens (tertiary/aromatic N) is 2. The van der Waals surface area contributed by atoms with Gasteiger partial charge in [0.1, 0.15) is 5.83 Å². The molecule has 0 aliphatic carbocycles. The number of benzene rings is 2. The molecule has 3 rings (SSSR count). The quantitative estimate of drug-likeness (QED) is 0.589. The highest BCUT2D eigenvalue weighted by molar-refractivity contribution is 7.89. The van der Waals surface area contributed by atoms with Gasteiger partial charge in [-0.2, -0.15) is 0 Å². The molecule has 3 aromatic rings. The van der Waals surface area contributed by atoms with Crippen LogP contribution in [0.2, 0.25) is 0 Å². The van der Waals surface area contributed by atoms with Crippen molar-refractivity contribution in [2.45, 2.75) is 24.8 Å². The first-order chi connectivity index (χ1) is 13.8. The third-order valence-corrected chi connectivity index (χ3v) is 6.92. The molecule has 0 aliphatic heterocycles. The van der Waals surface area contributed by atoms with E-state index in [9.17, 15) is 12.8 Å². The van der Waals surface area contributed by atoms with E-state index in [-0.39, 0.29) is 36.2 Å². The zero-order chi connectivity index (χ0) is 21.2. The number of hydrogen-bond acceptors (Lipinski definition) is 3. The summed E-state index contributed by atoms with van der Waals surface area (Å²) in [7, 11) is -0.426. The van der Waals surface area contributed by atoms with Crippen LogP contribution in [0, 0.1) is 6.92 Å². The Labute approximate surface area is 183 Å². The minimum atomic E-state index is -3.45. The maximum atomic E-state index is 14.2. The van der Waals surface area contributed by atoms with E-state index in [2.05, 4.69) is 0 Å². The van der Waals surface area contributed by atoms with Gasteiger partial charge >= 0.3 is 0 Å². The summed E-state index contributed by atoms with van der Waals surface area (Å²) in [5, 5.41) is 1.07. The van der Waals surface area contributed by atoms with Gasteiger partial charge in [-0.05, 0) is 48.7 Å². The average Bonchev–Trinajstić information content (AvgIpc) is 2.94. The molecule has 8 heteroatoms. The number of rotatable bonds is 7. The number of allylic oxidation sites excluding steroid dienone is 1. The Morgan fingerprint density at radius 3 is 2.37 bits per heavy atom. The first kappa shape index (κ1) is 24.1. The predicted octanol–water partition coefficient (Wildman–Crippen LogP) is 4.02. The molecule has 2 aromatic carbocycles. The minimum absolute atomic E-state index is 0. The van der Waals surface area contributed by atoms with Crippen LogP contribution in [-0.4, -0.2) is 37.9 Å². The highest BCUT2D eigenvalue weighted by atomic mass is 35.5. The van der Waals surface area contributed by atoms with Crippen LogP contribution in [0.3, 0.4) is 0 Å². The molecule has 0 bridgehead atoms. The number of hydrogen-bond donors (Lipinski definition) is 1. The molecule has 1 aromatic heterocycles. The molecule has 0 atom stereocenters. The normalized spacial score (nSPS) is 12.4. The molecule has 0 unspecified atom stereocenters. The van der Waals surface area contributed by atoms with Crippen molar-refractivity contribution in [3.63, 3.8) is 0 Å². The van der Waals surface area contributed by atoms with E-state index in [0.717, 1.165) is 27.7 Å². The van der Waals surface area contributed by atoms with Gasteiger partial charge in [0.15, 0.2) is 0 Å². The largest absolute Gasteiger partial charge is 0.338 e. The third-order valence-electron chi connectivity index (χ3n) is 5.09. The van der Waals surface area contributed by atoms with Gasteiger partial charge in [-0.3, -0.25) is 0 Å². The number of para-hydroxylation sites is 1. The van der Waals surface area contributed by atoms with E-state index >= 15 is 0 Å². The summed E-state index contributed by atoms with van der Waals surface area (Å²) in [6.45, 7) is 2.29. The zero-order valence-electron chi connectivity index (χ0n) is 17.3. The van der Waals surface area contributed by atoms with Crippen molar-refractivity contribution >= 4 is 33.3 Å². The SMILES string of the molecule is Cc1c(Cc2ccc(S(=O)(=O)N(C)C)cc2)c2ccccc2n1C/C(F)=C/CN.Cl. The number of sulfonamides is 1. The monoisotopic (exact) mass is 451 g/mol. The van der Waals surface area contributed by atoms with E-state index in [1.807, 2.05) is 47.9 Å². The van der Waals surface area contributed by atoms with Crippen LogP contribution in [-0.2, 0) is 23.0 Å². The number of fused-ring (bicyclic) bond motifs is 1. The van der Waals surface area contributed by atoms with Crippen LogP contribution in [0.15, 0.2) is 65.3 Å². The van der Waals surface area contributed by atoms with Crippen LogP contribution in [0.5, 0.6) is 0 Å². The van der Waals surface area contributed by atoms with Crippen LogP contribution in [0.1, 0.15) is 16.8 Å². The minimum Gasteiger partial charge on any atom is -0.338 e. The molecule has 0 spiro atoms. The standard InChI is InChI=1S/C22H26FN3O2S.ClH/c1-16-21(14-17-8-10-19(11-9-17)29(27,28)25(2)3)20-6-4-5-7-22(20)26(16)15-18(23)12-13-24;/h4-12H,13-15,24H2,1-3H3;1H/b18-12-;. The first-order valence-electron chi connectivity index (χ1n) is 9.38. The molecule has 2 N–H and O–H groups in total. The lowest BCUT2D eigenvalue weighted by atomic mass is 10.0. The van der Waals surface area contributed by atoms with E-state index in [1.165, 1.54) is 24.5 Å². The summed E-state index contributed by atoms with van der Waals surface area (Å²) >= 11 is 0. The molecule has 5 nitrogen and oxygen atoms in total. The summed E-state index contributed by atoms with van der Waals surface area (Å²) < 4.78 is 41.8. The van der Waals surface area contributed by atoms with Gasteiger partial charge in [0.05, 0.1) is 11.4 Å². The van der Waals surface area contributed by atoms with Gasteiger partial charge in [0.2, 0.25) is 10.0 Å². The van der Waals surface area contributed by atoms with E-state index in [4.69, 9.17) is 5.73 Å². The Balaban J connectivity index is 0.00000320. The fraction of sp³-hybridized carbons (Fsp3) is 0.273. The van der Waals surface area contributed by atoms with Gasteiger partial charge in [-0.25, -0.2) is 17.1 Å². The Hall–Kier alpha value is -2.19. The Bertz CT molecular complexity index is 1150. The fourth-order valence-electron chi connectivity index (χ4n) is 3.47. The molecule has 0 aliphatic rings. The molecule has 0 fully saturated rings. The molecule has 0 radical (unpaired) electrons. The van der Waals surface area contributed by atoms with E-state index in [0.29, 0.717) is 6.42 Å². The van der Waals surface area contributed by atoms with Crippen LogP contribution in [0.4, 0.5) is 4.39 Å². The second-order valence-corrected chi connectivity index (χ2v) is 9.31. The molecule has 162 valence electrons. The van der Waals surface area contributed by atoms with Crippen LogP contribution < -0.4 is 5.73 Å².